The lowest BCUT2D eigenvalue weighted by Gasteiger charge is -2.13. The van der Waals surface area contributed by atoms with Gasteiger partial charge in [-0.15, -0.1) is 10.2 Å². The second-order valence-electron chi connectivity index (χ2n) is 5.53. The molecule has 8 nitrogen and oxygen atoms in total. The van der Waals surface area contributed by atoms with Crippen LogP contribution in [0, 0.1) is 0 Å². The normalized spacial score (nSPS) is 12.8. The topological polar surface area (TPSA) is 117 Å². The lowest BCUT2D eigenvalue weighted by Crippen LogP contribution is -2.22. The molecule has 1 aromatic carbocycles. The first-order valence-corrected chi connectivity index (χ1v) is 9.56. The van der Waals surface area contributed by atoms with E-state index in [0.29, 0.717) is 18.8 Å². The Morgan fingerprint density at radius 2 is 1.96 bits per heavy atom. The quantitative estimate of drug-likeness (QED) is 0.689. The van der Waals surface area contributed by atoms with Gasteiger partial charge in [0, 0.05) is 6.54 Å². The average Bonchev–Trinajstić information content (AvgIpc) is 3.05. The SMILES string of the molecule is CCn1c([C@@H](N)Cc2ccccc2)nnc1S(=O)(=O)CCC(=O)OC. The van der Waals surface area contributed by atoms with Crippen molar-refractivity contribution in [3.63, 3.8) is 0 Å². The van der Waals surface area contributed by atoms with E-state index in [9.17, 15) is 13.2 Å². The Morgan fingerprint density at radius 1 is 1.28 bits per heavy atom. The Morgan fingerprint density at radius 3 is 2.56 bits per heavy atom. The molecule has 0 aliphatic heterocycles. The second kappa shape index (κ2) is 8.21. The predicted molar refractivity (Wildman–Crippen MR) is 91.5 cm³/mol. The van der Waals surface area contributed by atoms with Crippen LogP contribution in [0.25, 0.3) is 0 Å². The average molecular weight is 366 g/mol. The number of benzene rings is 1. The number of nitrogens with zero attached hydrogens (tertiary/aromatic N) is 3. The minimum Gasteiger partial charge on any atom is -0.469 e. The van der Waals surface area contributed by atoms with Crippen molar-refractivity contribution in [3.05, 3.63) is 41.7 Å². The molecule has 1 atom stereocenters. The molecule has 0 unspecified atom stereocenters. The Bertz CT molecular complexity index is 818. The van der Waals surface area contributed by atoms with Crippen molar-refractivity contribution in [2.45, 2.75) is 37.5 Å². The van der Waals surface area contributed by atoms with Crippen LogP contribution >= 0.6 is 0 Å². The summed E-state index contributed by atoms with van der Waals surface area (Å²) in [5.74, 6) is -0.568. The highest BCUT2D eigenvalue weighted by molar-refractivity contribution is 7.91. The molecular weight excluding hydrogens is 344 g/mol. The third kappa shape index (κ3) is 4.64. The summed E-state index contributed by atoms with van der Waals surface area (Å²) < 4.78 is 30.9. The number of esters is 1. The standard InChI is InChI=1S/C16H22N4O4S/c1-3-20-15(13(17)11-12-7-5-4-6-8-12)18-19-16(20)25(22,23)10-9-14(21)24-2/h4-8,13H,3,9-11,17H2,1-2H3/t13-/m0/s1. The van der Waals surface area contributed by atoms with E-state index in [4.69, 9.17) is 5.73 Å². The summed E-state index contributed by atoms with van der Waals surface area (Å²) in [6.45, 7) is 2.15. The highest BCUT2D eigenvalue weighted by Gasteiger charge is 2.27. The number of hydrogen-bond donors (Lipinski definition) is 1. The first-order valence-electron chi connectivity index (χ1n) is 7.91. The van der Waals surface area contributed by atoms with Crippen molar-refractivity contribution in [1.82, 2.24) is 14.8 Å². The molecule has 0 aliphatic carbocycles. The van der Waals surface area contributed by atoms with Crippen LogP contribution in [-0.2, 0) is 32.3 Å². The summed E-state index contributed by atoms with van der Waals surface area (Å²) in [4.78, 5) is 11.2. The highest BCUT2D eigenvalue weighted by Crippen LogP contribution is 2.19. The number of carbonyl (C=O) groups is 1. The lowest BCUT2D eigenvalue weighted by molar-refractivity contribution is -0.140. The highest BCUT2D eigenvalue weighted by atomic mass is 32.2. The van der Waals surface area contributed by atoms with Gasteiger partial charge in [-0.05, 0) is 18.9 Å². The molecular formula is C16H22N4O4S. The molecule has 1 aromatic heterocycles. The zero-order valence-corrected chi connectivity index (χ0v) is 15.1. The first-order chi connectivity index (χ1) is 11.9. The van der Waals surface area contributed by atoms with Crippen LogP contribution < -0.4 is 5.73 Å². The molecule has 0 bridgehead atoms. The van der Waals surface area contributed by atoms with Crippen LogP contribution in [0.2, 0.25) is 0 Å². The molecule has 0 radical (unpaired) electrons. The molecule has 0 saturated heterocycles. The van der Waals surface area contributed by atoms with Crippen LogP contribution in [0.15, 0.2) is 35.5 Å². The second-order valence-corrected chi connectivity index (χ2v) is 7.53. The molecule has 9 heteroatoms. The summed E-state index contributed by atoms with van der Waals surface area (Å²) in [7, 11) is -2.55. The minimum absolute atomic E-state index is 0.169. The van der Waals surface area contributed by atoms with E-state index in [2.05, 4.69) is 14.9 Å². The third-order valence-electron chi connectivity index (χ3n) is 3.77. The van der Waals surface area contributed by atoms with Gasteiger partial charge in [0.25, 0.3) is 0 Å². The maximum atomic E-state index is 12.5. The lowest BCUT2D eigenvalue weighted by atomic mass is 10.1. The van der Waals surface area contributed by atoms with Crippen LogP contribution in [-0.4, -0.2) is 42.0 Å². The number of ether oxygens (including phenoxy) is 1. The van der Waals surface area contributed by atoms with E-state index in [1.807, 2.05) is 30.3 Å². The number of sulfone groups is 1. The van der Waals surface area contributed by atoms with Gasteiger partial charge in [-0.1, -0.05) is 30.3 Å². The summed E-state index contributed by atoms with van der Waals surface area (Å²) in [6.07, 6.45) is 0.280. The number of hydrogen-bond acceptors (Lipinski definition) is 7. The van der Waals surface area contributed by atoms with Gasteiger partial charge in [0.1, 0.15) is 0 Å². The van der Waals surface area contributed by atoms with Gasteiger partial charge in [0.15, 0.2) is 5.82 Å². The first kappa shape index (κ1) is 19.1. The van der Waals surface area contributed by atoms with Crippen LogP contribution in [0.4, 0.5) is 0 Å². The van der Waals surface area contributed by atoms with Crippen molar-refractivity contribution in [1.29, 1.82) is 0 Å². The van der Waals surface area contributed by atoms with E-state index in [-0.39, 0.29) is 17.3 Å². The summed E-state index contributed by atoms with van der Waals surface area (Å²) in [5.41, 5.74) is 7.24. The molecule has 0 fully saturated rings. The predicted octanol–water partition coefficient (Wildman–Crippen LogP) is 0.877. The molecule has 0 spiro atoms. The molecule has 2 N–H and O–H groups in total. The van der Waals surface area contributed by atoms with Crippen molar-refractivity contribution in [2.24, 2.45) is 5.73 Å². The fraction of sp³-hybridized carbons (Fsp3) is 0.438. The molecule has 2 rings (SSSR count). The summed E-state index contributed by atoms with van der Waals surface area (Å²) in [6, 6.07) is 9.14. The van der Waals surface area contributed by atoms with E-state index in [1.54, 1.807) is 6.92 Å². The zero-order valence-electron chi connectivity index (χ0n) is 14.3. The van der Waals surface area contributed by atoms with Gasteiger partial charge < -0.3 is 15.0 Å². The Labute approximate surface area is 146 Å². The Hall–Kier alpha value is -2.26. The van der Waals surface area contributed by atoms with Gasteiger partial charge in [0.05, 0.1) is 25.3 Å². The Kier molecular flexibility index (Phi) is 6.27. The molecule has 0 aliphatic rings. The van der Waals surface area contributed by atoms with Gasteiger partial charge in [-0.3, -0.25) is 4.79 Å². The Balaban J connectivity index is 2.23. The van der Waals surface area contributed by atoms with Gasteiger partial charge in [-0.2, -0.15) is 0 Å². The van der Waals surface area contributed by atoms with Gasteiger partial charge in [0.2, 0.25) is 15.0 Å². The summed E-state index contributed by atoms with van der Waals surface area (Å²) >= 11 is 0. The van der Waals surface area contributed by atoms with E-state index in [0.717, 1.165) is 5.56 Å². The number of aromatic nitrogens is 3. The van der Waals surface area contributed by atoms with Gasteiger partial charge in [-0.25, -0.2) is 8.42 Å². The van der Waals surface area contributed by atoms with E-state index < -0.39 is 21.8 Å². The van der Waals surface area contributed by atoms with Crippen molar-refractivity contribution in [3.8, 4) is 0 Å². The van der Waals surface area contributed by atoms with Crippen molar-refractivity contribution < 1.29 is 17.9 Å². The number of rotatable bonds is 8. The van der Waals surface area contributed by atoms with Crippen molar-refractivity contribution >= 4 is 15.8 Å². The fourth-order valence-corrected chi connectivity index (χ4v) is 3.81. The van der Waals surface area contributed by atoms with Crippen LogP contribution in [0.5, 0.6) is 0 Å². The molecule has 2 aromatic rings. The zero-order chi connectivity index (χ0) is 18.4. The molecule has 136 valence electrons. The minimum atomic E-state index is -3.76. The number of nitrogens with two attached hydrogens (primary N) is 1. The van der Waals surface area contributed by atoms with E-state index >= 15 is 0 Å². The smallest absolute Gasteiger partial charge is 0.306 e. The molecule has 0 saturated carbocycles. The fourth-order valence-electron chi connectivity index (χ4n) is 2.47. The van der Waals surface area contributed by atoms with Crippen LogP contribution in [0.1, 0.15) is 30.8 Å². The maximum absolute atomic E-state index is 12.5. The number of methoxy groups -OCH3 is 1. The third-order valence-corrected chi connectivity index (χ3v) is 5.37. The molecule has 0 amide bonds. The van der Waals surface area contributed by atoms with Crippen molar-refractivity contribution in [2.75, 3.05) is 12.9 Å². The monoisotopic (exact) mass is 366 g/mol. The van der Waals surface area contributed by atoms with E-state index in [1.165, 1.54) is 11.7 Å². The van der Waals surface area contributed by atoms with Gasteiger partial charge >= 0.3 is 5.97 Å². The van der Waals surface area contributed by atoms with Crippen LogP contribution in [0.3, 0.4) is 0 Å². The largest absolute Gasteiger partial charge is 0.469 e. The maximum Gasteiger partial charge on any atom is 0.306 e. The number of carbonyl (C=O) groups excluding carboxylic acids is 1. The molecule has 25 heavy (non-hydrogen) atoms. The summed E-state index contributed by atoms with van der Waals surface area (Å²) in [5, 5.41) is 7.64. The molecule has 1 heterocycles.